The monoisotopic (exact) mass is 271 g/mol. The molecule has 5 nitrogen and oxygen atoms in total. The molecule has 0 aliphatic rings. The molecule has 106 valence electrons. The molecule has 0 spiro atoms. The fourth-order valence-electron chi connectivity index (χ4n) is 1.43. The number of nitrogens with one attached hydrogen (secondary N) is 1. The quantitative estimate of drug-likeness (QED) is 0.672. The molecule has 6 heteroatoms. The molecule has 2 N–H and O–H groups in total. The van der Waals surface area contributed by atoms with Gasteiger partial charge in [0.1, 0.15) is 5.82 Å². The number of hydrogen-bond acceptors (Lipinski definition) is 4. The van der Waals surface area contributed by atoms with Crippen LogP contribution in [0.2, 0.25) is 0 Å². The Balaban J connectivity index is 2.28. The predicted octanol–water partition coefficient (Wildman–Crippen LogP) is 1.99. The highest BCUT2D eigenvalue weighted by Gasteiger charge is 2.07. The number of carboxylic acid groups (broad SMARTS) is 1. The fourth-order valence-corrected chi connectivity index (χ4v) is 1.43. The molecule has 0 bridgehead atoms. The van der Waals surface area contributed by atoms with Crippen molar-refractivity contribution in [1.82, 2.24) is 0 Å². The Morgan fingerprint density at radius 3 is 2.79 bits per heavy atom. The average Bonchev–Trinajstić information content (AvgIpc) is 2.39. The van der Waals surface area contributed by atoms with Crippen molar-refractivity contribution in [1.29, 1.82) is 0 Å². The highest BCUT2D eigenvalue weighted by molar-refractivity contribution is 5.88. The van der Waals surface area contributed by atoms with E-state index in [-0.39, 0.29) is 5.56 Å². The van der Waals surface area contributed by atoms with E-state index in [4.69, 9.17) is 14.6 Å². The zero-order valence-corrected chi connectivity index (χ0v) is 10.8. The predicted molar refractivity (Wildman–Crippen MR) is 69.2 cm³/mol. The average molecular weight is 271 g/mol. The molecule has 1 aromatic carbocycles. The van der Waals surface area contributed by atoms with Gasteiger partial charge >= 0.3 is 5.97 Å². The van der Waals surface area contributed by atoms with Gasteiger partial charge in [-0.05, 0) is 24.6 Å². The summed E-state index contributed by atoms with van der Waals surface area (Å²) < 4.78 is 23.6. The molecule has 1 rings (SSSR count). The van der Waals surface area contributed by atoms with Crippen LogP contribution < -0.4 is 5.32 Å². The van der Waals surface area contributed by atoms with Gasteiger partial charge in [0.2, 0.25) is 0 Å². The molecular formula is C13H18FNO4. The molecular weight excluding hydrogens is 253 g/mol. The number of methoxy groups -OCH3 is 1. The number of halogens is 1. The molecule has 0 aliphatic carbocycles. The Labute approximate surface area is 111 Å². The Morgan fingerprint density at radius 2 is 2.16 bits per heavy atom. The number of aromatic carboxylic acids is 1. The molecule has 0 radical (unpaired) electrons. The maximum atomic E-state index is 13.5. The minimum Gasteiger partial charge on any atom is -0.478 e. The fraction of sp³-hybridized carbons (Fsp3) is 0.462. The lowest BCUT2D eigenvalue weighted by molar-refractivity contribution is 0.0696. The van der Waals surface area contributed by atoms with E-state index in [2.05, 4.69) is 5.32 Å². The smallest absolute Gasteiger partial charge is 0.335 e. The number of rotatable bonds is 9. The van der Waals surface area contributed by atoms with E-state index in [1.165, 1.54) is 12.1 Å². The minimum absolute atomic E-state index is 0.0639. The molecule has 0 fully saturated rings. The van der Waals surface area contributed by atoms with Gasteiger partial charge in [-0.3, -0.25) is 0 Å². The molecule has 0 amide bonds. The van der Waals surface area contributed by atoms with E-state index in [1.807, 2.05) is 0 Å². The van der Waals surface area contributed by atoms with Crippen LogP contribution in [0.4, 0.5) is 10.1 Å². The van der Waals surface area contributed by atoms with Crippen molar-refractivity contribution >= 4 is 11.7 Å². The third kappa shape index (κ3) is 5.67. The van der Waals surface area contributed by atoms with Gasteiger partial charge in [-0.2, -0.15) is 0 Å². The molecule has 0 saturated heterocycles. The molecule has 0 aromatic heterocycles. The maximum absolute atomic E-state index is 13.5. The van der Waals surface area contributed by atoms with E-state index < -0.39 is 11.8 Å². The summed E-state index contributed by atoms with van der Waals surface area (Å²) in [6, 6.07) is 3.78. The van der Waals surface area contributed by atoms with Gasteiger partial charge in [0.15, 0.2) is 0 Å². The van der Waals surface area contributed by atoms with Crippen LogP contribution >= 0.6 is 0 Å². The van der Waals surface area contributed by atoms with Crippen LogP contribution in [0.3, 0.4) is 0 Å². The standard InChI is InChI=1S/C13H18FNO4/c1-18-7-8-19-6-2-5-15-12-4-3-10(13(16)17)9-11(12)14/h3-4,9,15H,2,5-8H2,1H3,(H,16,17). The van der Waals surface area contributed by atoms with Crippen molar-refractivity contribution < 1.29 is 23.8 Å². The van der Waals surface area contributed by atoms with Crippen molar-refractivity contribution in [3.05, 3.63) is 29.6 Å². The first kappa shape index (κ1) is 15.4. The topological polar surface area (TPSA) is 67.8 Å². The summed E-state index contributed by atoms with van der Waals surface area (Å²) in [6.07, 6.45) is 0.726. The number of anilines is 1. The van der Waals surface area contributed by atoms with E-state index in [9.17, 15) is 9.18 Å². The van der Waals surface area contributed by atoms with Gasteiger partial charge in [0, 0.05) is 20.3 Å². The van der Waals surface area contributed by atoms with Gasteiger partial charge in [-0.1, -0.05) is 0 Å². The van der Waals surface area contributed by atoms with Crippen LogP contribution in [0.1, 0.15) is 16.8 Å². The lowest BCUT2D eigenvalue weighted by atomic mass is 10.2. The Bertz CT molecular complexity index is 412. The molecule has 0 heterocycles. The van der Waals surface area contributed by atoms with Crippen molar-refractivity contribution in [2.24, 2.45) is 0 Å². The molecule has 0 saturated carbocycles. The van der Waals surface area contributed by atoms with Crippen LogP contribution in [-0.2, 0) is 9.47 Å². The van der Waals surface area contributed by atoms with E-state index in [1.54, 1.807) is 7.11 Å². The van der Waals surface area contributed by atoms with E-state index in [0.29, 0.717) is 32.1 Å². The van der Waals surface area contributed by atoms with Crippen molar-refractivity contribution in [3.63, 3.8) is 0 Å². The van der Waals surface area contributed by atoms with Gasteiger partial charge < -0.3 is 19.9 Å². The summed E-state index contributed by atoms with van der Waals surface area (Å²) in [4.78, 5) is 10.6. The zero-order valence-electron chi connectivity index (χ0n) is 10.8. The summed E-state index contributed by atoms with van der Waals surface area (Å²) in [7, 11) is 1.61. The van der Waals surface area contributed by atoms with Gasteiger partial charge in [0.05, 0.1) is 24.5 Å². The Hall–Kier alpha value is -1.66. The number of hydrogen-bond donors (Lipinski definition) is 2. The zero-order chi connectivity index (χ0) is 14.1. The van der Waals surface area contributed by atoms with Crippen molar-refractivity contribution in [2.45, 2.75) is 6.42 Å². The summed E-state index contributed by atoms with van der Waals surface area (Å²) in [5, 5.41) is 11.6. The molecule has 1 aromatic rings. The highest BCUT2D eigenvalue weighted by Crippen LogP contribution is 2.15. The van der Waals surface area contributed by atoms with Crippen molar-refractivity contribution in [3.8, 4) is 0 Å². The number of benzene rings is 1. The first-order valence-electron chi connectivity index (χ1n) is 5.98. The van der Waals surface area contributed by atoms with E-state index in [0.717, 1.165) is 12.5 Å². The van der Waals surface area contributed by atoms with Crippen LogP contribution in [0.5, 0.6) is 0 Å². The summed E-state index contributed by atoms with van der Waals surface area (Å²) in [5.41, 5.74) is 0.229. The maximum Gasteiger partial charge on any atom is 0.335 e. The largest absolute Gasteiger partial charge is 0.478 e. The van der Waals surface area contributed by atoms with Gasteiger partial charge in [-0.25, -0.2) is 9.18 Å². The summed E-state index contributed by atoms with van der Waals surface area (Å²) >= 11 is 0. The molecule has 19 heavy (non-hydrogen) atoms. The second-order valence-corrected chi connectivity index (χ2v) is 3.89. The lowest BCUT2D eigenvalue weighted by Crippen LogP contribution is -2.09. The SMILES string of the molecule is COCCOCCCNc1ccc(C(=O)O)cc1F. The third-order valence-electron chi connectivity index (χ3n) is 2.43. The summed E-state index contributed by atoms with van der Waals surface area (Å²) in [6.45, 7) is 2.21. The molecule has 0 unspecified atom stereocenters. The van der Waals surface area contributed by atoms with Crippen LogP contribution in [0.15, 0.2) is 18.2 Å². The first-order chi connectivity index (χ1) is 9.15. The number of carboxylic acids is 1. The molecule has 0 atom stereocenters. The Morgan fingerprint density at radius 1 is 1.37 bits per heavy atom. The Kier molecular flexibility index (Phi) is 6.84. The van der Waals surface area contributed by atoms with Crippen molar-refractivity contribution in [2.75, 3.05) is 38.8 Å². The highest BCUT2D eigenvalue weighted by atomic mass is 19.1. The van der Waals surface area contributed by atoms with Gasteiger partial charge in [0.25, 0.3) is 0 Å². The van der Waals surface area contributed by atoms with Crippen LogP contribution in [-0.4, -0.2) is 44.6 Å². The second kappa shape index (κ2) is 8.44. The molecule has 0 aliphatic heterocycles. The second-order valence-electron chi connectivity index (χ2n) is 3.89. The normalized spacial score (nSPS) is 10.4. The lowest BCUT2D eigenvalue weighted by Gasteiger charge is -2.08. The first-order valence-corrected chi connectivity index (χ1v) is 5.98. The minimum atomic E-state index is -1.14. The third-order valence-corrected chi connectivity index (χ3v) is 2.43. The number of ether oxygens (including phenoxy) is 2. The van der Waals surface area contributed by atoms with Gasteiger partial charge in [-0.15, -0.1) is 0 Å². The van der Waals surface area contributed by atoms with E-state index >= 15 is 0 Å². The summed E-state index contributed by atoms with van der Waals surface area (Å²) in [5.74, 6) is -1.71. The number of carbonyl (C=O) groups is 1. The van der Waals surface area contributed by atoms with Crippen LogP contribution in [0, 0.1) is 5.82 Å². The van der Waals surface area contributed by atoms with Crippen LogP contribution in [0.25, 0.3) is 0 Å².